The van der Waals surface area contributed by atoms with Crippen LogP contribution < -0.4 is 5.73 Å². The zero-order chi connectivity index (χ0) is 21.7. The van der Waals surface area contributed by atoms with Crippen LogP contribution in [0.4, 0.5) is 4.39 Å². The lowest BCUT2D eigenvalue weighted by molar-refractivity contribution is -0.0203. The van der Waals surface area contributed by atoms with Crippen molar-refractivity contribution in [1.29, 1.82) is 0 Å². The molecule has 0 aliphatic heterocycles. The fourth-order valence-electron chi connectivity index (χ4n) is 3.58. The largest absolute Gasteiger partial charge is 0.379 e. The molecule has 0 amide bonds. The summed E-state index contributed by atoms with van der Waals surface area (Å²) in [6, 6.07) is 10.2. The van der Waals surface area contributed by atoms with E-state index in [1.165, 1.54) is 69.8 Å². The van der Waals surface area contributed by atoms with Gasteiger partial charge in [-0.3, -0.25) is 0 Å². The number of benzene rings is 1. The fourth-order valence-corrected chi connectivity index (χ4v) is 3.58. The maximum absolute atomic E-state index is 12.7. The summed E-state index contributed by atoms with van der Waals surface area (Å²) in [5, 5.41) is 0. The standard InChI is InChI=1S/C26H46FNO2/c1-24(27)17-13-10-8-6-4-2-3-5-7-9-11-16-20-29-23-26(21-28)30-22-25-18-14-12-15-19-25/h12,14-15,18-19,24,26H,2-11,13,16-17,20-23,28H2,1H3. The van der Waals surface area contributed by atoms with Gasteiger partial charge in [-0.15, -0.1) is 0 Å². The van der Waals surface area contributed by atoms with Crippen molar-refractivity contribution in [1.82, 2.24) is 0 Å². The van der Waals surface area contributed by atoms with E-state index in [4.69, 9.17) is 15.2 Å². The maximum atomic E-state index is 12.7. The van der Waals surface area contributed by atoms with Crippen LogP contribution in [0.25, 0.3) is 0 Å². The van der Waals surface area contributed by atoms with Gasteiger partial charge in [0.25, 0.3) is 0 Å². The zero-order valence-electron chi connectivity index (χ0n) is 19.3. The van der Waals surface area contributed by atoms with Gasteiger partial charge >= 0.3 is 0 Å². The Hall–Kier alpha value is -0.970. The van der Waals surface area contributed by atoms with Gasteiger partial charge in [-0.05, 0) is 25.3 Å². The number of halogens is 1. The average Bonchev–Trinajstić information content (AvgIpc) is 2.76. The van der Waals surface area contributed by atoms with E-state index >= 15 is 0 Å². The van der Waals surface area contributed by atoms with Crippen molar-refractivity contribution in [2.75, 3.05) is 19.8 Å². The lowest BCUT2D eigenvalue weighted by Crippen LogP contribution is -2.29. The number of hydrogen-bond acceptors (Lipinski definition) is 3. The van der Waals surface area contributed by atoms with Crippen molar-refractivity contribution >= 4 is 0 Å². The van der Waals surface area contributed by atoms with E-state index in [9.17, 15) is 4.39 Å². The first-order chi connectivity index (χ1) is 14.7. The van der Waals surface area contributed by atoms with Crippen LogP contribution in [0.2, 0.25) is 0 Å². The third-order valence-corrected chi connectivity index (χ3v) is 5.54. The van der Waals surface area contributed by atoms with Crippen LogP contribution in [0, 0.1) is 0 Å². The monoisotopic (exact) mass is 423 g/mol. The molecule has 3 nitrogen and oxygen atoms in total. The second-order valence-corrected chi connectivity index (χ2v) is 8.54. The second kappa shape index (κ2) is 20.0. The first kappa shape index (κ1) is 27.1. The Morgan fingerprint density at radius 1 is 0.800 bits per heavy atom. The van der Waals surface area contributed by atoms with Gasteiger partial charge in [0.2, 0.25) is 0 Å². The number of unbranched alkanes of at least 4 members (excludes halogenated alkanes) is 11. The summed E-state index contributed by atoms with van der Waals surface area (Å²) in [5.74, 6) is 0. The van der Waals surface area contributed by atoms with Gasteiger partial charge in [-0.25, -0.2) is 4.39 Å². The number of rotatable bonds is 21. The molecule has 0 aromatic heterocycles. The van der Waals surface area contributed by atoms with Crippen LogP contribution in [0.15, 0.2) is 30.3 Å². The van der Waals surface area contributed by atoms with Gasteiger partial charge in [0.05, 0.1) is 25.5 Å². The van der Waals surface area contributed by atoms with Gasteiger partial charge in [0.15, 0.2) is 0 Å². The molecule has 30 heavy (non-hydrogen) atoms. The SMILES string of the molecule is CC(F)CCCCCCCCCCCCCCOCC(CN)OCc1ccccc1. The summed E-state index contributed by atoms with van der Waals surface area (Å²) in [6.45, 7) is 4.12. The summed E-state index contributed by atoms with van der Waals surface area (Å²) in [6.07, 6.45) is 15.3. The van der Waals surface area contributed by atoms with E-state index in [2.05, 4.69) is 12.1 Å². The molecule has 0 fully saturated rings. The Kier molecular flexibility index (Phi) is 18.0. The minimum atomic E-state index is -0.627. The van der Waals surface area contributed by atoms with Gasteiger partial charge in [0, 0.05) is 13.2 Å². The third-order valence-electron chi connectivity index (χ3n) is 5.54. The van der Waals surface area contributed by atoms with E-state index in [-0.39, 0.29) is 6.10 Å². The molecule has 174 valence electrons. The molecule has 2 N–H and O–H groups in total. The molecule has 1 aromatic carbocycles. The van der Waals surface area contributed by atoms with Gasteiger partial charge in [-0.1, -0.05) is 101 Å². The van der Waals surface area contributed by atoms with Crippen molar-refractivity contribution in [3.05, 3.63) is 35.9 Å². The van der Waals surface area contributed by atoms with Crippen molar-refractivity contribution < 1.29 is 13.9 Å². The van der Waals surface area contributed by atoms with Crippen molar-refractivity contribution in [3.8, 4) is 0 Å². The Balaban J connectivity index is 1.80. The van der Waals surface area contributed by atoms with Crippen molar-refractivity contribution in [2.24, 2.45) is 5.73 Å². The first-order valence-corrected chi connectivity index (χ1v) is 12.3. The lowest BCUT2D eigenvalue weighted by Gasteiger charge is -2.16. The summed E-state index contributed by atoms with van der Waals surface area (Å²) in [4.78, 5) is 0. The molecule has 0 heterocycles. The highest BCUT2D eigenvalue weighted by atomic mass is 19.1. The Labute approximate surface area is 184 Å². The highest BCUT2D eigenvalue weighted by Gasteiger charge is 2.07. The summed E-state index contributed by atoms with van der Waals surface area (Å²) in [7, 11) is 0. The fraction of sp³-hybridized carbons (Fsp3) is 0.769. The molecule has 0 aliphatic rings. The summed E-state index contributed by atoms with van der Waals surface area (Å²) in [5.41, 5.74) is 6.96. The average molecular weight is 424 g/mol. The topological polar surface area (TPSA) is 44.5 Å². The zero-order valence-corrected chi connectivity index (χ0v) is 19.3. The quantitative estimate of drug-likeness (QED) is 0.217. The normalized spacial score (nSPS) is 13.4. The molecule has 0 saturated heterocycles. The molecule has 0 bridgehead atoms. The van der Waals surface area contributed by atoms with Crippen LogP contribution in [0.1, 0.15) is 96.0 Å². The van der Waals surface area contributed by atoms with Crippen LogP contribution in [0.3, 0.4) is 0 Å². The molecule has 2 atom stereocenters. The Morgan fingerprint density at radius 3 is 1.87 bits per heavy atom. The van der Waals surface area contributed by atoms with E-state index in [0.29, 0.717) is 19.8 Å². The molecule has 1 aromatic rings. The molecule has 0 saturated carbocycles. The first-order valence-electron chi connectivity index (χ1n) is 12.3. The van der Waals surface area contributed by atoms with Crippen molar-refractivity contribution in [2.45, 2.75) is 109 Å². The smallest absolute Gasteiger partial charge is 0.0973 e. The minimum Gasteiger partial charge on any atom is -0.379 e. The van der Waals surface area contributed by atoms with Crippen LogP contribution in [-0.4, -0.2) is 32.0 Å². The highest BCUT2D eigenvalue weighted by molar-refractivity contribution is 5.13. The molecule has 4 heteroatoms. The molecule has 1 rings (SSSR count). The number of ether oxygens (including phenoxy) is 2. The van der Waals surface area contributed by atoms with Gasteiger partial charge < -0.3 is 15.2 Å². The third kappa shape index (κ3) is 16.8. The van der Waals surface area contributed by atoms with E-state index in [0.717, 1.165) is 25.9 Å². The maximum Gasteiger partial charge on any atom is 0.0973 e. The van der Waals surface area contributed by atoms with Gasteiger partial charge in [-0.2, -0.15) is 0 Å². The molecular formula is C26H46FNO2. The van der Waals surface area contributed by atoms with Gasteiger partial charge in [0.1, 0.15) is 0 Å². The number of alkyl halides is 1. The Morgan fingerprint density at radius 2 is 1.33 bits per heavy atom. The molecule has 0 aliphatic carbocycles. The molecule has 2 unspecified atom stereocenters. The second-order valence-electron chi connectivity index (χ2n) is 8.54. The Bertz CT molecular complexity index is 469. The predicted molar refractivity (Wildman–Crippen MR) is 125 cm³/mol. The summed E-state index contributed by atoms with van der Waals surface area (Å²) >= 11 is 0. The molecule has 0 radical (unpaired) electrons. The number of hydrogen-bond donors (Lipinski definition) is 1. The van der Waals surface area contributed by atoms with E-state index in [1.807, 2.05) is 18.2 Å². The number of nitrogens with two attached hydrogens (primary N) is 1. The minimum absolute atomic E-state index is 0.0301. The van der Waals surface area contributed by atoms with Crippen LogP contribution in [-0.2, 0) is 16.1 Å². The van der Waals surface area contributed by atoms with Crippen LogP contribution >= 0.6 is 0 Å². The lowest BCUT2D eigenvalue weighted by atomic mass is 10.0. The van der Waals surface area contributed by atoms with Crippen molar-refractivity contribution in [3.63, 3.8) is 0 Å². The molecular weight excluding hydrogens is 377 g/mol. The van der Waals surface area contributed by atoms with E-state index < -0.39 is 6.17 Å². The molecule has 0 spiro atoms. The van der Waals surface area contributed by atoms with E-state index in [1.54, 1.807) is 6.92 Å². The van der Waals surface area contributed by atoms with Crippen LogP contribution in [0.5, 0.6) is 0 Å². The summed E-state index contributed by atoms with van der Waals surface area (Å²) < 4.78 is 24.3. The predicted octanol–water partition coefficient (Wildman–Crippen LogP) is 6.98. The highest BCUT2D eigenvalue weighted by Crippen LogP contribution is 2.13.